The molecule has 0 aliphatic carbocycles. The average molecular weight is 273 g/mol. The van der Waals surface area contributed by atoms with Gasteiger partial charge in [0.2, 0.25) is 0 Å². The molecule has 0 unspecified atom stereocenters. The highest BCUT2D eigenvalue weighted by molar-refractivity contribution is 14.1. The zero-order chi connectivity index (χ0) is 9.19. The Morgan fingerprint density at radius 3 is 2.67 bits per heavy atom. The third-order valence-corrected chi connectivity index (χ3v) is 2.40. The van der Waals surface area contributed by atoms with Crippen LogP contribution in [0.4, 0.5) is 0 Å². The van der Waals surface area contributed by atoms with Crippen LogP contribution in [-0.4, -0.2) is 5.87 Å². The van der Waals surface area contributed by atoms with E-state index in [1.807, 2.05) is 12.2 Å². The summed E-state index contributed by atoms with van der Waals surface area (Å²) in [6, 6.07) is 0. The Hall–Kier alpha value is -0.340. The minimum Gasteiger partial charge on any atom is -0.209 e. The van der Waals surface area contributed by atoms with Gasteiger partial charge < -0.3 is 0 Å². The maximum Gasteiger partial charge on any atom is 0.0690 e. The van der Waals surface area contributed by atoms with E-state index < -0.39 is 0 Å². The van der Waals surface area contributed by atoms with E-state index in [0.717, 1.165) is 5.70 Å². The first-order valence-corrected chi connectivity index (χ1v) is 4.96. The molecular weight excluding hydrogens is 261 g/mol. The van der Waals surface area contributed by atoms with E-state index in [4.69, 9.17) is 0 Å². The predicted octanol–water partition coefficient (Wildman–Crippen LogP) is 3.47. The maximum atomic E-state index is 4.28. The van der Waals surface area contributed by atoms with Crippen LogP contribution in [0.5, 0.6) is 0 Å². The average Bonchev–Trinajstić information content (AvgIpc) is 2.11. The Kier molecular flexibility index (Phi) is 2.91. The van der Waals surface area contributed by atoms with Crippen LogP contribution in [-0.2, 0) is 0 Å². The van der Waals surface area contributed by atoms with Gasteiger partial charge in [-0.2, -0.15) is 0 Å². The second kappa shape index (κ2) is 3.58. The van der Waals surface area contributed by atoms with Gasteiger partial charge in [0.25, 0.3) is 0 Å². The smallest absolute Gasteiger partial charge is 0.0690 e. The Bertz CT molecular complexity index is 296. The van der Waals surface area contributed by atoms with Gasteiger partial charge >= 0.3 is 0 Å². The summed E-state index contributed by atoms with van der Waals surface area (Å²) >= 11 is 2.31. The van der Waals surface area contributed by atoms with Gasteiger partial charge in [-0.25, -0.2) is 4.99 Å². The van der Waals surface area contributed by atoms with Crippen molar-refractivity contribution in [2.24, 2.45) is 10.4 Å². The topological polar surface area (TPSA) is 12.4 Å². The van der Waals surface area contributed by atoms with Crippen LogP contribution in [0.1, 0.15) is 20.8 Å². The minimum absolute atomic E-state index is 0.103. The van der Waals surface area contributed by atoms with Gasteiger partial charge in [-0.3, -0.25) is 0 Å². The van der Waals surface area contributed by atoms with Crippen molar-refractivity contribution in [3.05, 3.63) is 27.5 Å². The van der Waals surface area contributed by atoms with E-state index in [0.29, 0.717) is 0 Å². The zero-order valence-electron chi connectivity index (χ0n) is 7.56. The van der Waals surface area contributed by atoms with Crippen LogP contribution in [0.25, 0.3) is 0 Å². The maximum absolute atomic E-state index is 4.28. The molecule has 0 aromatic rings. The fourth-order valence-electron chi connectivity index (χ4n) is 0.936. The molecule has 0 N–H and O–H groups in total. The number of hydrogen-bond donors (Lipinski definition) is 0. The number of halogens is 1. The van der Waals surface area contributed by atoms with E-state index in [2.05, 4.69) is 60.3 Å². The van der Waals surface area contributed by atoms with Crippen molar-refractivity contribution in [1.82, 2.24) is 0 Å². The molecule has 0 radical (unpaired) electrons. The number of allylic oxidation sites excluding steroid dienone is 5. The highest BCUT2D eigenvalue weighted by atomic mass is 127. The number of rotatable bonds is 0. The molecule has 1 heterocycles. The van der Waals surface area contributed by atoms with E-state index in [-0.39, 0.29) is 5.41 Å². The molecule has 0 fully saturated rings. The summed E-state index contributed by atoms with van der Waals surface area (Å²) < 4.78 is 1.20. The molecule has 12 heavy (non-hydrogen) atoms. The van der Waals surface area contributed by atoms with Gasteiger partial charge in [-0.1, -0.05) is 26.8 Å². The van der Waals surface area contributed by atoms with Gasteiger partial charge in [0.05, 0.1) is 5.70 Å². The Labute approximate surface area is 87.1 Å². The molecule has 1 aliphatic rings. The number of hydrogen-bond acceptors (Lipinski definition) is 1. The standard InChI is InChI=1S/C10H12IN/c1-10(2,3)9-8(11)6-4-5-7-12-9/h4-6H,1-3H3. The molecule has 2 heteroatoms. The van der Waals surface area contributed by atoms with Crippen molar-refractivity contribution < 1.29 is 0 Å². The van der Waals surface area contributed by atoms with Crippen LogP contribution < -0.4 is 0 Å². The first-order chi connectivity index (χ1) is 5.52. The molecule has 0 atom stereocenters. The first-order valence-electron chi connectivity index (χ1n) is 3.88. The first kappa shape index (κ1) is 9.75. The Balaban J connectivity index is 3.17. The highest BCUT2D eigenvalue weighted by Crippen LogP contribution is 2.32. The molecule has 0 saturated heterocycles. The van der Waals surface area contributed by atoms with Crippen molar-refractivity contribution in [2.45, 2.75) is 20.8 Å². The highest BCUT2D eigenvalue weighted by Gasteiger charge is 2.19. The van der Waals surface area contributed by atoms with Crippen LogP contribution in [0.3, 0.4) is 0 Å². The number of nitrogens with zero attached hydrogens (tertiary/aromatic N) is 1. The Morgan fingerprint density at radius 2 is 2.08 bits per heavy atom. The van der Waals surface area contributed by atoms with Crippen molar-refractivity contribution in [2.75, 3.05) is 0 Å². The molecule has 0 spiro atoms. The van der Waals surface area contributed by atoms with Crippen molar-refractivity contribution in [3.8, 4) is 0 Å². The molecule has 1 rings (SSSR count). The molecule has 1 nitrogen and oxygen atoms in total. The number of aliphatic imine (C=N–C) groups is 1. The van der Waals surface area contributed by atoms with Gasteiger partial charge in [-0.05, 0) is 40.6 Å². The molecule has 0 bridgehead atoms. The minimum atomic E-state index is 0.103. The molecule has 0 aromatic heterocycles. The van der Waals surface area contributed by atoms with Crippen molar-refractivity contribution in [1.29, 1.82) is 0 Å². The van der Waals surface area contributed by atoms with E-state index in [1.165, 1.54) is 3.58 Å². The van der Waals surface area contributed by atoms with Crippen molar-refractivity contribution in [3.63, 3.8) is 0 Å². The van der Waals surface area contributed by atoms with Gasteiger partial charge in [0.1, 0.15) is 0 Å². The lowest BCUT2D eigenvalue weighted by Crippen LogP contribution is -2.08. The van der Waals surface area contributed by atoms with Gasteiger partial charge in [0, 0.05) is 8.99 Å². The monoisotopic (exact) mass is 273 g/mol. The molecule has 64 valence electrons. The van der Waals surface area contributed by atoms with Gasteiger partial charge in [0.15, 0.2) is 0 Å². The van der Waals surface area contributed by atoms with E-state index in [1.54, 1.807) is 0 Å². The predicted molar refractivity (Wildman–Crippen MR) is 61.6 cm³/mol. The largest absolute Gasteiger partial charge is 0.209 e. The molecular formula is C10H12IN. The van der Waals surface area contributed by atoms with Crippen LogP contribution in [0.2, 0.25) is 0 Å². The molecule has 0 saturated carbocycles. The summed E-state index contributed by atoms with van der Waals surface area (Å²) in [5.74, 6) is 2.88. The second-order valence-corrected chi connectivity index (χ2v) is 4.88. The lowest BCUT2D eigenvalue weighted by Gasteiger charge is -2.18. The normalized spacial score (nSPS) is 17.0. The van der Waals surface area contributed by atoms with Crippen LogP contribution in [0.15, 0.2) is 32.5 Å². The van der Waals surface area contributed by atoms with Crippen LogP contribution >= 0.6 is 22.6 Å². The lowest BCUT2D eigenvalue weighted by atomic mass is 9.92. The molecule has 0 amide bonds. The zero-order valence-corrected chi connectivity index (χ0v) is 9.71. The van der Waals surface area contributed by atoms with E-state index >= 15 is 0 Å². The third-order valence-electron chi connectivity index (χ3n) is 1.53. The summed E-state index contributed by atoms with van der Waals surface area (Å²) in [5.41, 5.74) is 1.21. The third kappa shape index (κ3) is 2.32. The molecule has 1 aliphatic heterocycles. The summed E-state index contributed by atoms with van der Waals surface area (Å²) in [6.07, 6.45) is 5.85. The van der Waals surface area contributed by atoms with E-state index in [9.17, 15) is 0 Å². The fraction of sp³-hybridized carbons (Fsp3) is 0.400. The van der Waals surface area contributed by atoms with Crippen molar-refractivity contribution >= 4 is 28.5 Å². The quantitative estimate of drug-likeness (QED) is 0.599. The van der Waals surface area contributed by atoms with Gasteiger partial charge in [-0.15, -0.1) is 0 Å². The SMILES string of the molecule is CC(C)(C)C1=C(I)C=CC=C=N1. The summed E-state index contributed by atoms with van der Waals surface area (Å²) in [7, 11) is 0. The molecule has 0 aromatic carbocycles. The summed E-state index contributed by atoms with van der Waals surface area (Å²) in [6.45, 7) is 6.47. The lowest BCUT2D eigenvalue weighted by molar-refractivity contribution is 0.499. The Morgan fingerprint density at radius 1 is 1.42 bits per heavy atom. The fourth-order valence-corrected chi connectivity index (χ4v) is 2.07. The summed E-state index contributed by atoms with van der Waals surface area (Å²) in [5, 5.41) is 0. The second-order valence-electron chi connectivity index (χ2n) is 3.71. The van der Waals surface area contributed by atoms with Crippen LogP contribution in [0, 0.1) is 5.41 Å². The summed E-state index contributed by atoms with van der Waals surface area (Å²) in [4.78, 5) is 4.28.